The van der Waals surface area contributed by atoms with Crippen LogP contribution in [0.3, 0.4) is 0 Å². The zero-order valence-electron chi connectivity index (χ0n) is 5.33. The molecule has 4 nitrogen and oxygen atoms in total. The number of aromatic nitrogens is 1. The maximum atomic E-state index is 10.7. The molecule has 0 aromatic carbocycles. The van der Waals surface area contributed by atoms with Crippen molar-refractivity contribution >= 4 is 17.4 Å². The van der Waals surface area contributed by atoms with Crippen molar-refractivity contribution in [2.45, 2.75) is 0 Å². The second kappa shape index (κ2) is 2.26. The largest absolute Gasteiger partial charge is 0.365 e. The molecule has 0 radical (unpaired) electrons. The molecule has 54 valence electrons. The van der Waals surface area contributed by atoms with Crippen LogP contribution in [-0.4, -0.2) is 9.86 Å². The summed E-state index contributed by atoms with van der Waals surface area (Å²) in [6, 6.07) is 1.23. The Bertz CT molecular complexity index is 312. The van der Waals surface area contributed by atoms with Gasteiger partial charge in [0.15, 0.2) is 0 Å². The van der Waals surface area contributed by atoms with Crippen molar-refractivity contribution < 1.29 is 4.79 Å². The molecule has 1 amide bonds. The van der Waals surface area contributed by atoms with Gasteiger partial charge in [-0.3, -0.25) is 13.5 Å². The third kappa shape index (κ3) is 1.08. The van der Waals surface area contributed by atoms with E-state index in [-0.39, 0.29) is 5.56 Å². The SMILES string of the molecule is Cn1sc(C(N)=O)cc1=O. The highest BCUT2D eigenvalue weighted by Gasteiger charge is 2.04. The van der Waals surface area contributed by atoms with E-state index in [1.807, 2.05) is 0 Å². The quantitative estimate of drug-likeness (QED) is 0.601. The molecule has 0 unspecified atom stereocenters. The zero-order chi connectivity index (χ0) is 7.72. The van der Waals surface area contributed by atoms with Gasteiger partial charge in [0, 0.05) is 13.1 Å². The average Bonchev–Trinajstić information content (AvgIpc) is 2.13. The Morgan fingerprint density at radius 3 is 2.60 bits per heavy atom. The first-order valence-electron chi connectivity index (χ1n) is 2.58. The van der Waals surface area contributed by atoms with Gasteiger partial charge < -0.3 is 5.73 Å². The second-order valence-electron chi connectivity index (χ2n) is 1.80. The van der Waals surface area contributed by atoms with Gasteiger partial charge in [-0.2, -0.15) is 0 Å². The van der Waals surface area contributed by atoms with Crippen LogP contribution in [0.1, 0.15) is 9.67 Å². The van der Waals surface area contributed by atoms with Gasteiger partial charge >= 0.3 is 0 Å². The standard InChI is InChI=1S/C5H6N2O2S/c1-7-4(8)2-3(10-7)5(6)9/h2H,1H3,(H2,6,9). The van der Waals surface area contributed by atoms with Crippen LogP contribution in [0.25, 0.3) is 0 Å². The third-order valence-electron chi connectivity index (χ3n) is 1.04. The van der Waals surface area contributed by atoms with Gasteiger partial charge in [0.1, 0.15) is 4.88 Å². The van der Waals surface area contributed by atoms with Gasteiger partial charge in [-0.15, -0.1) is 0 Å². The number of nitrogens with zero attached hydrogens (tertiary/aromatic N) is 1. The van der Waals surface area contributed by atoms with Crippen LogP contribution in [0.4, 0.5) is 0 Å². The summed E-state index contributed by atoms with van der Waals surface area (Å²) in [6.45, 7) is 0. The number of hydrogen-bond donors (Lipinski definition) is 1. The molecule has 5 heteroatoms. The Morgan fingerprint density at radius 1 is 1.80 bits per heavy atom. The van der Waals surface area contributed by atoms with E-state index in [9.17, 15) is 9.59 Å². The monoisotopic (exact) mass is 158 g/mol. The van der Waals surface area contributed by atoms with Gasteiger partial charge in [0.2, 0.25) is 0 Å². The Balaban J connectivity index is 3.23. The first-order chi connectivity index (χ1) is 4.61. The number of nitrogens with two attached hydrogens (primary N) is 1. The first kappa shape index (κ1) is 7.01. The van der Waals surface area contributed by atoms with Crippen LogP contribution in [0.2, 0.25) is 0 Å². The Labute approximate surface area is 61.0 Å². The van der Waals surface area contributed by atoms with Crippen molar-refractivity contribution in [3.63, 3.8) is 0 Å². The molecule has 0 saturated carbocycles. The predicted molar refractivity (Wildman–Crippen MR) is 38.1 cm³/mol. The summed E-state index contributed by atoms with van der Waals surface area (Å²) in [5, 5.41) is 0. The summed E-state index contributed by atoms with van der Waals surface area (Å²) in [6.07, 6.45) is 0. The number of aryl methyl sites for hydroxylation is 1. The summed E-state index contributed by atoms with van der Waals surface area (Å²) in [5.74, 6) is -0.553. The number of primary amides is 1. The molecule has 1 aromatic rings. The minimum Gasteiger partial charge on any atom is -0.365 e. The Kier molecular flexibility index (Phi) is 1.58. The number of hydrogen-bond acceptors (Lipinski definition) is 3. The van der Waals surface area contributed by atoms with E-state index >= 15 is 0 Å². The number of rotatable bonds is 1. The van der Waals surface area contributed by atoms with Gasteiger partial charge in [-0.25, -0.2) is 0 Å². The lowest BCUT2D eigenvalue weighted by atomic mass is 10.5. The van der Waals surface area contributed by atoms with Crippen molar-refractivity contribution in [1.29, 1.82) is 0 Å². The summed E-state index contributed by atoms with van der Waals surface area (Å²) < 4.78 is 1.35. The lowest BCUT2D eigenvalue weighted by Gasteiger charge is -1.82. The highest BCUT2D eigenvalue weighted by atomic mass is 32.1. The maximum absolute atomic E-state index is 10.7. The molecular formula is C5H6N2O2S. The van der Waals surface area contributed by atoms with Gasteiger partial charge in [-0.05, 0) is 0 Å². The van der Waals surface area contributed by atoms with Crippen LogP contribution in [0.15, 0.2) is 10.9 Å². The van der Waals surface area contributed by atoms with Crippen molar-refractivity contribution in [2.24, 2.45) is 12.8 Å². The van der Waals surface area contributed by atoms with Gasteiger partial charge in [-0.1, -0.05) is 11.5 Å². The molecule has 10 heavy (non-hydrogen) atoms. The highest BCUT2D eigenvalue weighted by Crippen LogP contribution is 2.00. The normalized spacial score (nSPS) is 9.70. The van der Waals surface area contributed by atoms with E-state index in [1.165, 1.54) is 10.0 Å². The molecule has 2 N–H and O–H groups in total. The molecule has 0 spiro atoms. The number of carbonyl (C=O) groups is 1. The van der Waals surface area contributed by atoms with E-state index in [1.54, 1.807) is 7.05 Å². The molecular weight excluding hydrogens is 152 g/mol. The van der Waals surface area contributed by atoms with Crippen LogP contribution in [0.5, 0.6) is 0 Å². The van der Waals surface area contributed by atoms with E-state index in [2.05, 4.69) is 0 Å². The lowest BCUT2D eigenvalue weighted by molar-refractivity contribution is 0.100. The van der Waals surface area contributed by atoms with Gasteiger partial charge in [0.25, 0.3) is 11.5 Å². The van der Waals surface area contributed by atoms with E-state index in [4.69, 9.17) is 5.73 Å². The molecule has 1 aromatic heterocycles. The predicted octanol–water partition coefficient (Wildman–Crippen LogP) is -0.454. The fourth-order valence-electron chi connectivity index (χ4n) is 0.538. The minimum atomic E-state index is -0.553. The van der Waals surface area contributed by atoms with E-state index < -0.39 is 5.91 Å². The topological polar surface area (TPSA) is 65.1 Å². The van der Waals surface area contributed by atoms with Gasteiger partial charge in [0.05, 0.1) is 0 Å². The molecule has 0 saturated heterocycles. The summed E-state index contributed by atoms with van der Waals surface area (Å²) in [5.41, 5.74) is 4.72. The third-order valence-corrected chi connectivity index (χ3v) is 2.01. The number of carbonyl (C=O) groups excluding carboxylic acids is 1. The molecule has 0 fully saturated rings. The number of amides is 1. The smallest absolute Gasteiger partial charge is 0.261 e. The molecule has 0 aliphatic rings. The van der Waals surface area contributed by atoms with Crippen molar-refractivity contribution in [3.8, 4) is 0 Å². The summed E-state index contributed by atoms with van der Waals surface area (Å²) in [7, 11) is 1.58. The molecule has 1 heterocycles. The zero-order valence-corrected chi connectivity index (χ0v) is 6.14. The summed E-state index contributed by atoms with van der Waals surface area (Å²) in [4.78, 5) is 21.5. The first-order valence-corrected chi connectivity index (χ1v) is 3.36. The van der Waals surface area contributed by atoms with Crippen molar-refractivity contribution in [3.05, 3.63) is 21.3 Å². The molecule has 0 atom stereocenters. The lowest BCUT2D eigenvalue weighted by Crippen LogP contribution is -2.09. The fraction of sp³-hybridized carbons (Fsp3) is 0.200. The molecule has 0 aliphatic heterocycles. The van der Waals surface area contributed by atoms with E-state index in [0.29, 0.717) is 4.88 Å². The molecule has 0 bridgehead atoms. The van der Waals surface area contributed by atoms with E-state index in [0.717, 1.165) is 11.5 Å². The van der Waals surface area contributed by atoms with Crippen LogP contribution in [-0.2, 0) is 7.05 Å². The molecule has 0 aliphatic carbocycles. The van der Waals surface area contributed by atoms with Crippen molar-refractivity contribution in [1.82, 2.24) is 3.96 Å². The maximum Gasteiger partial charge on any atom is 0.261 e. The van der Waals surface area contributed by atoms with Crippen LogP contribution >= 0.6 is 11.5 Å². The highest BCUT2D eigenvalue weighted by molar-refractivity contribution is 7.08. The van der Waals surface area contributed by atoms with Crippen molar-refractivity contribution in [2.75, 3.05) is 0 Å². The molecule has 1 rings (SSSR count). The minimum absolute atomic E-state index is 0.196. The second-order valence-corrected chi connectivity index (χ2v) is 2.97. The fourth-order valence-corrected chi connectivity index (χ4v) is 1.22. The van der Waals surface area contributed by atoms with Crippen LogP contribution < -0.4 is 11.3 Å². The Morgan fingerprint density at radius 2 is 2.40 bits per heavy atom. The summed E-state index contributed by atoms with van der Waals surface area (Å²) >= 11 is 1.05. The van der Waals surface area contributed by atoms with Crippen LogP contribution in [0, 0.1) is 0 Å². The Hall–Kier alpha value is -1.10. The average molecular weight is 158 g/mol.